The first-order valence-electron chi connectivity index (χ1n) is 9.53. The molecule has 0 bridgehead atoms. The molecule has 2 aromatic rings. The van der Waals surface area contributed by atoms with E-state index in [4.69, 9.17) is 13.9 Å². The van der Waals surface area contributed by atoms with E-state index in [0.717, 1.165) is 11.3 Å². The number of ether oxygens (including phenoxy) is 2. The van der Waals surface area contributed by atoms with Gasteiger partial charge < -0.3 is 13.9 Å². The van der Waals surface area contributed by atoms with Crippen LogP contribution in [0.3, 0.4) is 0 Å². The quantitative estimate of drug-likeness (QED) is 0.571. The van der Waals surface area contributed by atoms with E-state index < -0.39 is 5.41 Å². The lowest BCUT2D eigenvalue weighted by Crippen LogP contribution is -2.15. The molecule has 2 fully saturated rings. The van der Waals surface area contributed by atoms with Gasteiger partial charge in [-0.3, -0.25) is 4.79 Å². The monoisotopic (exact) mass is 380 g/mol. The van der Waals surface area contributed by atoms with Crippen molar-refractivity contribution < 1.29 is 23.5 Å². The number of allylic oxidation sites excluding steroid dienone is 1. The summed E-state index contributed by atoms with van der Waals surface area (Å²) in [5.41, 5.74) is 1.05. The zero-order valence-corrected chi connectivity index (χ0v) is 16.4. The zero-order chi connectivity index (χ0) is 19.9. The average Bonchev–Trinajstić information content (AvgIpc) is 3.03. The molecule has 2 heterocycles. The van der Waals surface area contributed by atoms with Gasteiger partial charge in [0.15, 0.2) is 5.75 Å². The van der Waals surface area contributed by atoms with Crippen molar-refractivity contribution in [1.82, 2.24) is 0 Å². The van der Waals surface area contributed by atoms with Gasteiger partial charge in [-0.15, -0.1) is 0 Å². The zero-order valence-electron chi connectivity index (χ0n) is 16.4. The highest BCUT2D eigenvalue weighted by molar-refractivity contribution is 5.91. The summed E-state index contributed by atoms with van der Waals surface area (Å²) < 4.78 is 16.2. The van der Waals surface area contributed by atoms with E-state index in [1.54, 1.807) is 6.07 Å². The van der Waals surface area contributed by atoms with Crippen LogP contribution >= 0.6 is 0 Å². The SMILES string of the molecule is CC1(C)[C@@H](C(=O)Oc2coc(Cc3ccccc3)c2)[C@@]1(C)C=C1CCOC1=O. The topological polar surface area (TPSA) is 65.7 Å². The van der Waals surface area contributed by atoms with Gasteiger partial charge in [-0.25, -0.2) is 4.79 Å². The van der Waals surface area contributed by atoms with Crippen LogP contribution in [0.5, 0.6) is 5.75 Å². The molecular weight excluding hydrogens is 356 g/mol. The highest BCUT2D eigenvalue weighted by Crippen LogP contribution is 2.70. The fourth-order valence-corrected chi connectivity index (χ4v) is 4.24. The molecule has 0 radical (unpaired) electrons. The van der Waals surface area contributed by atoms with Crippen molar-refractivity contribution in [2.75, 3.05) is 6.61 Å². The molecule has 1 aliphatic carbocycles. The second kappa shape index (κ2) is 6.66. The van der Waals surface area contributed by atoms with Gasteiger partial charge in [0.1, 0.15) is 12.0 Å². The Kier molecular flexibility index (Phi) is 4.41. The summed E-state index contributed by atoms with van der Waals surface area (Å²) in [6, 6.07) is 11.7. The van der Waals surface area contributed by atoms with Gasteiger partial charge in [0.2, 0.25) is 0 Å². The molecule has 2 atom stereocenters. The van der Waals surface area contributed by atoms with E-state index in [1.165, 1.54) is 6.26 Å². The fraction of sp³-hybridized carbons (Fsp3) is 0.391. The molecule has 146 valence electrons. The molecule has 0 amide bonds. The average molecular weight is 380 g/mol. The Morgan fingerprint density at radius 3 is 2.68 bits per heavy atom. The third kappa shape index (κ3) is 3.15. The number of furan rings is 1. The Hall–Kier alpha value is -2.82. The smallest absolute Gasteiger partial charge is 0.333 e. The second-order valence-electron chi connectivity index (χ2n) is 8.33. The summed E-state index contributed by atoms with van der Waals surface area (Å²) in [5.74, 6) is 0.240. The lowest BCUT2D eigenvalue weighted by Gasteiger charge is -2.08. The fourth-order valence-electron chi connectivity index (χ4n) is 4.24. The van der Waals surface area contributed by atoms with Crippen LogP contribution in [0.2, 0.25) is 0 Å². The molecule has 1 aromatic heterocycles. The van der Waals surface area contributed by atoms with Crippen LogP contribution in [0.15, 0.2) is 58.7 Å². The van der Waals surface area contributed by atoms with Gasteiger partial charge in [0.25, 0.3) is 0 Å². The van der Waals surface area contributed by atoms with Crippen molar-refractivity contribution >= 4 is 11.9 Å². The van der Waals surface area contributed by atoms with Crippen molar-refractivity contribution in [3.05, 3.63) is 65.6 Å². The molecule has 1 saturated carbocycles. The van der Waals surface area contributed by atoms with Gasteiger partial charge in [-0.05, 0) is 11.0 Å². The van der Waals surface area contributed by atoms with Gasteiger partial charge in [-0.1, -0.05) is 57.2 Å². The number of hydrogen-bond donors (Lipinski definition) is 0. The van der Waals surface area contributed by atoms with Crippen LogP contribution in [0.1, 0.15) is 38.5 Å². The van der Waals surface area contributed by atoms with Gasteiger partial charge in [0, 0.05) is 29.9 Å². The van der Waals surface area contributed by atoms with Gasteiger partial charge in [-0.2, -0.15) is 0 Å². The van der Waals surface area contributed by atoms with Crippen LogP contribution in [-0.2, 0) is 20.7 Å². The maximum atomic E-state index is 12.8. The third-order valence-electron chi connectivity index (χ3n) is 6.27. The minimum absolute atomic E-state index is 0.281. The molecule has 0 N–H and O–H groups in total. The molecule has 0 spiro atoms. The maximum Gasteiger partial charge on any atom is 0.333 e. The van der Waals surface area contributed by atoms with Gasteiger partial charge >= 0.3 is 11.9 Å². The van der Waals surface area contributed by atoms with E-state index in [1.807, 2.05) is 57.2 Å². The number of hydrogen-bond acceptors (Lipinski definition) is 5. The number of carbonyl (C=O) groups excluding carboxylic acids is 2. The molecule has 4 rings (SSSR count). The number of rotatable bonds is 5. The summed E-state index contributed by atoms with van der Waals surface area (Å²) in [4.78, 5) is 24.6. The number of cyclic esters (lactones) is 1. The maximum absolute atomic E-state index is 12.8. The van der Waals surface area contributed by atoms with Crippen LogP contribution in [-0.4, -0.2) is 18.5 Å². The summed E-state index contributed by atoms with van der Waals surface area (Å²) >= 11 is 0. The number of esters is 2. The van der Waals surface area contributed by atoms with Crippen molar-refractivity contribution in [2.45, 2.75) is 33.6 Å². The Labute approximate surface area is 164 Å². The Morgan fingerprint density at radius 2 is 2.00 bits per heavy atom. The second-order valence-corrected chi connectivity index (χ2v) is 8.33. The highest BCUT2D eigenvalue weighted by Gasteiger charge is 2.71. The molecule has 0 unspecified atom stereocenters. The molecule has 1 aromatic carbocycles. The van der Waals surface area contributed by atoms with E-state index >= 15 is 0 Å². The Morgan fingerprint density at radius 1 is 1.25 bits per heavy atom. The van der Waals surface area contributed by atoms with Gasteiger partial charge in [0.05, 0.1) is 12.5 Å². The Bertz CT molecular complexity index is 937. The highest BCUT2D eigenvalue weighted by atomic mass is 16.5. The molecule has 1 saturated heterocycles. The first-order valence-corrected chi connectivity index (χ1v) is 9.53. The Balaban J connectivity index is 1.45. The summed E-state index contributed by atoms with van der Waals surface area (Å²) in [5, 5.41) is 0. The van der Waals surface area contributed by atoms with E-state index in [9.17, 15) is 9.59 Å². The van der Waals surface area contributed by atoms with E-state index in [0.29, 0.717) is 30.8 Å². The van der Waals surface area contributed by atoms with Crippen LogP contribution in [0.25, 0.3) is 0 Å². The lowest BCUT2D eigenvalue weighted by molar-refractivity contribution is -0.137. The number of carbonyl (C=O) groups is 2. The van der Waals surface area contributed by atoms with Crippen LogP contribution in [0.4, 0.5) is 0 Å². The largest absolute Gasteiger partial charge is 0.465 e. The van der Waals surface area contributed by atoms with Crippen molar-refractivity contribution in [3.8, 4) is 5.75 Å². The van der Waals surface area contributed by atoms with Crippen molar-refractivity contribution in [2.24, 2.45) is 16.7 Å². The summed E-state index contributed by atoms with van der Waals surface area (Å²) in [6.07, 6.45) is 4.61. The summed E-state index contributed by atoms with van der Waals surface area (Å²) in [7, 11) is 0. The molecule has 5 heteroatoms. The van der Waals surface area contributed by atoms with E-state index in [2.05, 4.69) is 0 Å². The third-order valence-corrected chi connectivity index (χ3v) is 6.27. The normalized spacial score (nSPS) is 26.9. The number of benzene rings is 1. The minimum atomic E-state index is -0.431. The predicted octanol–water partition coefficient (Wildman–Crippen LogP) is 4.31. The first kappa shape index (κ1) is 18.5. The van der Waals surface area contributed by atoms with Crippen LogP contribution < -0.4 is 4.74 Å². The van der Waals surface area contributed by atoms with Crippen molar-refractivity contribution in [1.29, 1.82) is 0 Å². The van der Waals surface area contributed by atoms with E-state index in [-0.39, 0.29) is 23.3 Å². The first-order chi connectivity index (χ1) is 13.3. The molecule has 28 heavy (non-hydrogen) atoms. The van der Waals surface area contributed by atoms with Crippen molar-refractivity contribution in [3.63, 3.8) is 0 Å². The predicted molar refractivity (Wildman–Crippen MR) is 103 cm³/mol. The molecular formula is C23H24O5. The standard InChI is InChI=1S/C23H24O5/c1-22(2)19(23(22,3)13-16-9-10-26-20(16)24)21(25)28-18-12-17(27-14-18)11-15-7-5-4-6-8-15/h4-8,12-14,19H,9-11H2,1-3H3/t19-,23-/m1/s1. The molecule has 1 aliphatic heterocycles. The summed E-state index contributed by atoms with van der Waals surface area (Å²) in [6.45, 7) is 6.45. The minimum Gasteiger partial charge on any atom is -0.465 e. The van der Waals surface area contributed by atoms with Crippen LogP contribution in [0, 0.1) is 16.7 Å². The lowest BCUT2D eigenvalue weighted by atomic mass is 9.95. The molecule has 5 nitrogen and oxygen atoms in total. The molecule has 2 aliphatic rings.